The lowest BCUT2D eigenvalue weighted by molar-refractivity contribution is 0.0694. The molecule has 0 spiro atoms. The second-order valence-corrected chi connectivity index (χ2v) is 4.96. The molecular weight excluding hydrogens is 325 g/mol. The standard InChI is InChI=1S/C13H8Cl3NO3/c1-20-9-5-17-4-7(10(9)13(18)19)6-2-3-8(14)12(16)11(6)15/h2-5H,1H3,(H,18,19). The fourth-order valence-electron chi connectivity index (χ4n) is 1.75. The van der Waals surface area contributed by atoms with Gasteiger partial charge >= 0.3 is 5.97 Å². The molecule has 0 aliphatic carbocycles. The summed E-state index contributed by atoms with van der Waals surface area (Å²) in [5.74, 6) is -1.02. The molecule has 2 aromatic rings. The van der Waals surface area contributed by atoms with Gasteiger partial charge in [-0.2, -0.15) is 0 Å². The molecule has 1 aromatic carbocycles. The molecule has 0 atom stereocenters. The molecule has 7 heteroatoms. The van der Waals surface area contributed by atoms with Gasteiger partial charge in [-0.3, -0.25) is 4.98 Å². The van der Waals surface area contributed by atoms with Crippen LogP contribution in [-0.4, -0.2) is 23.2 Å². The summed E-state index contributed by atoms with van der Waals surface area (Å²) in [6.45, 7) is 0. The van der Waals surface area contributed by atoms with Crippen LogP contribution in [0.25, 0.3) is 11.1 Å². The van der Waals surface area contributed by atoms with Crippen molar-refractivity contribution in [2.45, 2.75) is 0 Å². The Morgan fingerprint density at radius 2 is 1.85 bits per heavy atom. The van der Waals surface area contributed by atoms with Gasteiger partial charge in [0.25, 0.3) is 0 Å². The van der Waals surface area contributed by atoms with E-state index in [0.29, 0.717) is 11.1 Å². The van der Waals surface area contributed by atoms with E-state index in [2.05, 4.69) is 4.98 Å². The van der Waals surface area contributed by atoms with Gasteiger partial charge in [-0.25, -0.2) is 4.79 Å². The van der Waals surface area contributed by atoms with Gasteiger partial charge in [0.15, 0.2) is 5.75 Å². The third-order valence-corrected chi connectivity index (χ3v) is 3.96. The Morgan fingerprint density at radius 1 is 1.15 bits per heavy atom. The number of aromatic carboxylic acids is 1. The van der Waals surface area contributed by atoms with Gasteiger partial charge in [-0.15, -0.1) is 0 Å². The highest BCUT2D eigenvalue weighted by atomic mass is 35.5. The molecule has 0 aliphatic heterocycles. The second kappa shape index (κ2) is 5.87. The van der Waals surface area contributed by atoms with Crippen LogP contribution in [0, 0.1) is 0 Å². The average molecular weight is 333 g/mol. The van der Waals surface area contributed by atoms with E-state index < -0.39 is 5.97 Å². The summed E-state index contributed by atoms with van der Waals surface area (Å²) in [6.07, 6.45) is 2.70. The maximum absolute atomic E-state index is 11.4. The highest BCUT2D eigenvalue weighted by molar-refractivity contribution is 6.49. The molecule has 1 N–H and O–H groups in total. The third kappa shape index (κ3) is 2.54. The average Bonchev–Trinajstić information content (AvgIpc) is 2.44. The van der Waals surface area contributed by atoms with Crippen molar-refractivity contribution >= 4 is 40.8 Å². The van der Waals surface area contributed by atoms with E-state index >= 15 is 0 Å². The van der Waals surface area contributed by atoms with Crippen molar-refractivity contribution in [1.29, 1.82) is 0 Å². The molecule has 20 heavy (non-hydrogen) atoms. The molecule has 0 saturated heterocycles. The van der Waals surface area contributed by atoms with Crippen LogP contribution in [0.5, 0.6) is 5.75 Å². The van der Waals surface area contributed by atoms with Gasteiger partial charge in [0, 0.05) is 17.3 Å². The lowest BCUT2D eigenvalue weighted by atomic mass is 10.0. The van der Waals surface area contributed by atoms with Crippen LogP contribution in [-0.2, 0) is 0 Å². The van der Waals surface area contributed by atoms with Gasteiger partial charge in [-0.05, 0) is 6.07 Å². The van der Waals surface area contributed by atoms with Crippen LogP contribution in [0.1, 0.15) is 10.4 Å². The molecule has 0 radical (unpaired) electrons. The fraction of sp³-hybridized carbons (Fsp3) is 0.0769. The summed E-state index contributed by atoms with van der Waals surface area (Å²) >= 11 is 18.0. The highest BCUT2D eigenvalue weighted by Crippen LogP contribution is 2.40. The molecule has 0 bridgehead atoms. The Balaban J connectivity index is 2.77. The predicted octanol–water partition coefficient (Wildman–Crippen LogP) is 4.42. The molecule has 0 saturated carbocycles. The zero-order valence-corrected chi connectivity index (χ0v) is 12.4. The Hall–Kier alpha value is -1.49. The van der Waals surface area contributed by atoms with Gasteiger partial charge in [0.05, 0.1) is 28.4 Å². The Kier molecular flexibility index (Phi) is 4.38. The summed E-state index contributed by atoms with van der Waals surface area (Å²) in [6, 6.07) is 3.12. The number of halogens is 3. The van der Waals surface area contributed by atoms with E-state index in [1.165, 1.54) is 25.6 Å². The Labute approximate surface area is 129 Å². The molecular formula is C13H8Cl3NO3. The molecule has 1 heterocycles. The summed E-state index contributed by atoms with van der Waals surface area (Å²) in [5, 5.41) is 9.95. The van der Waals surface area contributed by atoms with Crippen molar-refractivity contribution in [2.75, 3.05) is 7.11 Å². The minimum atomic E-state index is -1.15. The van der Waals surface area contributed by atoms with Crippen LogP contribution in [0.15, 0.2) is 24.5 Å². The first kappa shape index (κ1) is 14.9. The van der Waals surface area contributed by atoms with E-state index in [-0.39, 0.29) is 26.4 Å². The van der Waals surface area contributed by atoms with Gasteiger partial charge < -0.3 is 9.84 Å². The van der Waals surface area contributed by atoms with Crippen LogP contribution in [0.3, 0.4) is 0 Å². The highest BCUT2D eigenvalue weighted by Gasteiger charge is 2.21. The lowest BCUT2D eigenvalue weighted by Crippen LogP contribution is -2.04. The molecule has 0 aliphatic rings. The van der Waals surface area contributed by atoms with Gasteiger partial charge in [0.1, 0.15) is 5.56 Å². The largest absolute Gasteiger partial charge is 0.494 e. The second-order valence-electron chi connectivity index (χ2n) is 3.79. The van der Waals surface area contributed by atoms with Crippen molar-refractivity contribution < 1.29 is 14.6 Å². The summed E-state index contributed by atoms with van der Waals surface area (Å²) in [7, 11) is 1.36. The maximum Gasteiger partial charge on any atom is 0.340 e. The number of benzene rings is 1. The first-order valence-corrected chi connectivity index (χ1v) is 6.50. The van der Waals surface area contributed by atoms with E-state index in [1.54, 1.807) is 6.07 Å². The normalized spacial score (nSPS) is 10.4. The van der Waals surface area contributed by atoms with E-state index in [0.717, 1.165) is 0 Å². The number of ether oxygens (including phenoxy) is 1. The van der Waals surface area contributed by atoms with E-state index in [9.17, 15) is 9.90 Å². The number of hydrogen-bond donors (Lipinski definition) is 1. The Morgan fingerprint density at radius 3 is 2.45 bits per heavy atom. The van der Waals surface area contributed by atoms with Crippen molar-refractivity contribution in [3.63, 3.8) is 0 Å². The molecule has 104 valence electrons. The quantitative estimate of drug-likeness (QED) is 0.845. The monoisotopic (exact) mass is 331 g/mol. The first-order valence-electron chi connectivity index (χ1n) is 5.36. The maximum atomic E-state index is 11.4. The number of aromatic nitrogens is 1. The predicted molar refractivity (Wildman–Crippen MR) is 78.2 cm³/mol. The van der Waals surface area contributed by atoms with Crippen LogP contribution < -0.4 is 4.74 Å². The number of carboxylic acids is 1. The molecule has 4 nitrogen and oxygen atoms in total. The SMILES string of the molecule is COc1cncc(-c2ccc(Cl)c(Cl)c2Cl)c1C(=O)O. The van der Waals surface area contributed by atoms with E-state index in [1.807, 2.05) is 0 Å². The summed E-state index contributed by atoms with van der Waals surface area (Å²) in [5.41, 5.74) is 0.688. The van der Waals surface area contributed by atoms with Crippen molar-refractivity contribution in [2.24, 2.45) is 0 Å². The number of methoxy groups -OCH3 is 1. The molecule has 0 unspecified atom stereocenters. The van der Waals surface area contributed by atoms with Gasteiger partial charge in [-0.1, -0.05) is 40.9 Å². The first-order chi connectivity index (χ1) is 9.47. The minimum Gasteiger partial charge on any atom is -0.494 e. The summed E-state index contributed by atoms with van der Waals surface area (Å²) in [4.78, 5) is 15.4. The number of rotatable bonds is 3. The molecule has 0 fully saturated rings. The van der Waals surface area contributed by atoms with Crippen LogP contribution in [0.2, 0.25) is 15.1 Å². The van der Waals surface area contributed by atoms with E-state index in [4.69, 9.17) is 39.5 Å². The lowest BCUT2D eigenvalue weighted by Gasteiger charge is -2.12. The zero-order valence-electron chi connectivity index (χ0n) is 10.2. The molecule has 1 aromatic heterocycles. The number of carbonyl (C=O) groups is 1. The number of carboxylic acid groups (broad SMARTS) is 1. The smallest absolute Gasteiger partial charge is 0.340 e. The molecule has 2 rings (SSSR count). The topological polar surface area (TPSA) is 59.4 Å². The number of nitrogens with zero attached hydrogens (tertiary/aromatic N) is 1. The van der Waals surface area contributed by atoms with Gasteiger partial charge in [0.2, 0.25) is 0 Å². The Bertz CT molecular complexity index is 689. The van der Waals surface area contributed by atoms with Crippen LogP contribution >= 0.6 is 34.8 Å². The minimum absolute atomic E-state index is 0.0391. The number of pyridine rings is 1. The summed E-state index contributed by atoms with van der Waals surface area (Å²) < 4.78 is 5.02. The third-order valence-electron chi connectivity index (χ3n) is 2.67. The zero-order chi connectivity index (χ0) is 14.9. The van der Waals surface area contributed by atoms with Crippen LogP contribution in [0.4, 0.5) is 0 Å². The van der Waals surface area contributed by atoms with Crippen molar-refractivity contribution in [1.82, 2.24) is 4.98 Å². The fourth-order valence-corrected chi connectivity index (χ4v) is 2.39. The number of hydrogen-bond acceptors (Lipinski definition) is 3. The van der Waals surface area contributed by atoms with Crippen molar-refractivity contribution in [3.8, 4) is 16.9 Å². The van der Waals surface area contributed by atoms with Crippen molar-refractivity contribution in [3.05, 3.63) is 45.2 Å². The molecule has 0 amide bonds.